The first-order valence-electron chi connectivity index (χ1n) is 10.6. The fourth-order valence-corrected chi connectivity index (χ4v) is 3.01. The van der Waals surface area contributed by atoms with Gasteiger partial charge in [0.2, 0.25) is 0 Å². The number of hydrogen-bond donors (Lipinski definition) is 3. The number of nitrogens with one attached hydrogen (secondary N) is 2. The lowest BCUT2D eigenvalue weighted by molar-refractivity contribution is 0.133. The highest BCUT2D eigenvalue weighted by Gasteiger charge is 2.09. The lowest BCUT2D eigenvalue weighted by Gasteiger charge is -2.15. The third-order valence-corrected chi connectivity index (χ3v) is 4.69. The van der Waals surface area contributed by atoms with Gasteiger partial charge in [0, 0.05) is 25.6 Å². The van der Waals surface area contributed by atoms with Gasteiger partial charge in [-0.2, -0.15) is 0 Å². The number of benzene rings is 2. The molecule has 0 heterocycles. The summed E-state index contributed by atoms with van der Waals surface area (Å²) >= 11 is 0. The van der Waals surface area contributed by atoms with Crippen LogP contribution in [-0.2, 0) is 11.2 Å². The van der Waals surface area contributed by atoms with E-state index < -0.39 is 0 Å². The molecule has 0 aromatic heterocycles. The van der Waals surface area contributed by atoms with Gasteiger partial charge in [-0.1, -0.05) is 60.7 Å². The lowest BCUT2D eigenvalue weighted by atomic mass is 10.0. The number of rotatable bonds is 13. The maximum absolute atomic E-state index is 9.69. The molecule has 158 valence electrons. The average Bonchev–Trinajstić information content (AvgIpc) is 2.77. The highest BCUT2D eigenvalue weighted by molar-refractivity contribution is 5.79. The highest BCUT2D eigenvalue weighted by atomic mass is 16.5. The monoisotopic (exact) mass is 397 g/mol. The molecule has 0 bridgehead atoms. The number of hydrogen-bond acceptors (Lipinski definition) is 3. The number of aliphatic imine (C=N–C) groups is 1. The van der Waals surface area contributed by atoms with E-state index in [0.29, 0.717) is 6.54 Å². The molecule has 0 aliphatic heterocycles. The molecule has 0 radical (unpaired) electrons. The predicted octanol–water partition coefficient (Wildman–Crippen LogP) is 3.36. The summed E-state index contributed by atoms with van der Waals surface area (Å²) in [5.41, 5.74) is 2.43. The third kappa shape index (κ3) is 9.59. The van der Waals surface area contributed by atoms with Crippen LogP contribution in [0.4, 0.5) is 0 Å². The van der Waals surface area contributed by atoms with Gasteiger partial charge in [-0.15, -0.1) is 0 Å². The molecular formula is C24H35N3O2. The summed E-state index contributed by atoms with van der Waals surface area (Å²) in [5.74, 6) is 0.816. The van der Waals surface area contributed by atoms with Gasteiger partial charge in [-0.25, -0.2) is 0 Å². The Kier molecular flexibility index (Phi) is 11.5. The molecule has 0 saturated carbocycles. The van der Waals surface area contributed by atoms with Crippen LogP contribution in [0.25, 0.3) is 0 Å². The van der Waals surface area contributed by atoms with E-state index in [1.54, 1.807) is 0 Å². The van der Waals surface area contributed by atoms with Crippen LogP contribution in [0.1, 0.15) is 36.8 Å². The van der Waals surface area contributed by atoms with Crippen LogP contribution in [-0.4, -0.2) is 50.5 Å². The van der Waals surface area contributed by atoms with E-state index in [4.69, 9.17) is 4.74 Å². The van der Waals surface area contributed by atoms with Crippen LogP contribution in [0.15, 0.2) is 65.7 Å². The largest absolute Gasteiger partial charge is 0.396 e. The molecule has 29 heavy (non-hydrogen) atoms. The van der Waals surface area contributed by atoms with Gasteiger partial charge in [0.25, 0.3) is 0 Å². The molecule has 0 aliphatic carbocycles. The van der Waals surface area contributed by atoms with Crippen molar-refractivity contribution in [3.63, 3.8) is 0 Å². The molecule has 2 aromatic rings. The van der Waals surface area contributed by atoms with Crippen molar-refractivity contribution in [2.75, 3.05) is 39.5 Å². The fourth-order valence-electron chi connectivity index (χ4n) is 3.01. The summed E-state index contributed by atoms with van der Waals surface area (Å²) in [6.07, 6.45) is 3.01. The van der Waals surface area contributed by atoms with Crippen molar-refractivity contribution in [2.45, 2.75) is 32.1 Å². The van der Waals surface area contributed by atoms with Gasteiger partial charge in [0.1, 0.15) is 0 Å². The predicted molar refractivity (Wildman–Crippen MR) is 120 cm³/mol. The molecule has 0 amide bonds. The van der Waals surface area contributed by atoms with Crippen molar-refractivity contribution in [3.05, 3.63) is 71.8 Å². The van der Waals surface area contributed by atoms with Crippen LogP contribution in [0.3, 0.4) is 0 Å². The topological polar surface area (TPSA) is 65.9 Å². The SMILES string of the molecule is CCNC(=NCC(CO)c1ccccc1)NCCCCOCCc1ccccc1. The number of nitrogens with zero attached hydrogens (tertiary/aromatic N) is 1. The first-order chi connectivity index (χ1) is 14.3. The summed E-state index contributed by atoms with van der Waals surface area (Å²) < 4.78 is 5.73. The minimum atomic E-state index is 0.0182. The van der Waals surface area contributed by atoms with Gasteiger partial charge >= 0.3 is 0 Å². The van der Waals surface area contributed by atoms with E-state index in [-0.39, 0.29) is 12.5 Å². The smallest absolute Gasteiger partial charge is 0.191 e. The minimum Gasteiger partial charge on any atom is -0.396 e. The molecule has 1 atom stereocenters. The van der Waals surface area contributed by atoms with E-state index >= 15 is 0 Å². The Balaban J connectivity index is 1.62. The van der Waals surface area contributed by atoms with Gasteiger partial charge < -0.3 is 20.5 Å². The summed E-state index contributed by atoms with van der Waals surface area (Å²) in [5, 5.41) is 16.3. The van der Waals surface area contributed by atoms with Crippen LogP contribution >= 0.6 is 0 Å². The summed E-state index contributed by atoms with van der Waals surface area (Å²) in [6, 6.07) is 20.5. The van der Waals surface area contributed by atoms with E-state index in [2.05, 4.69) is 46.8 Å². The molecular weight excluding hydrogens is 362 g/mol. The average molecular weight is 398 g/mol. The normalized spacial score (nSPS) is 12.6. The van der Waals surface area contributed by atoms with E-state index in [1.807, 2.05) is 36.4 Å². The standard InChI is InChI=1S/C24H35N3O2/c1-2-25-24(27-19-23(20-28)22-13-7-4-8-14-22)26-16-9-10-17-29-18-15-21-11-5-3-6-12-21/h3-8,11-14,23,28H,2,9-10,15-20H2,1H3,(H2,25,26,27). The Labute approximate surface area is 175 Å². The Morgan fingerprint density at radius 1 is 0.966 bits per heavy atom. The van der Waals surface area contributed by atoms with Crippen LogP contribution in [0.5, 0.6) is 0 Å². The number of ether oxygens (including phenoxy) is 1. The van der Waals surface area contributed by atoms with Crippen LogP contribution < -0.4 is 10.6 Å². The zero-order valence-electron chi connectivity index (χ0n) is 17.5. The summed E-state index contributed by atoms with van der Waals surface area (Å²) in [6.45, 7) is 5.91. The first kappa shape index (κ1) is 22.9. The fraction of sp³-hybridized carbons (Fsp3) is 0.458. The molecule has 5 heteroatoms. The zero-order chi connectivity index (χ0) is 20.6. The lowest BCUT2D eigenvalue weighted by Crippen LogP contribution is -2.38. The Morgan fingerprint density at radius 3 is 2.38 bits per heavy atom. The van der Waals surface area contributed by atoms with Gasteiger partial charge in [-0.05, 0) is 37.3 Å². The maximum atomic E-state index is 9.69. The Bertz CT molecular complexity index is 677. The maximum Gasteiger partial charge on any atom is 0.191 e. The second-order valence-electron chi connectivity index (χ2n) is 6.99. The van der Waals surface area contributed by atoms with Gasteiger partial charge in [0.05, 0.1) is 19.8 Å². The Hall–Kier alpha value is -2.37. The molecule has 1 unspecified atom stereocenters. The molecule has 2 rings (SSSR count). The van der Waals surface area contributed by atoms with E-state index in [1.165, 1.54) is 5.56 Å². The van der Waals surface area contributed by atoms with Crippen molar-refractivity contribution in [3.8, 4) is 0 Å². The van der Waals surface area contributed by atoms with Crippen LogP contribution in [0, 0.1) is 0 Å². The van der Waals surface area contributed by atoms with Crippen LogP contribution in [0.2, 0.25) is 0 Å². The third-order valence-electron chi connectivity index (χ3n) is 4.69. The van der Waals surface area contributed by atoms with Crippen molar-refractivity contribution >= 4 is 5.96 Å². The Morgan fingerprint density at radius 2 is 1.69 bits per heavy atom. The van der Waals surface area contributed by atoms with Crippen molar-refractivity contribution < 1.29 is 9.84 Å². The van der Waals surface area contributed by atoms with Gasteiger partial charge in [-0.3, -0.25) is 4.99 Å². The molecule has 5 nitrogen and oxygen atoms in total. The summed E-state index contributed by atoms with van der Waals surface area (Å²) in [4.78, 5) is 4.65. The van der Waals surface area contributed by atoms with E-state index in [0.717, 1.165) is 57.1 Å². The first-order valence-corrected chi connectivity index (χ1v) is 10.6. The summed E-state index contributed by atoms with van der Waals surface area (Å²) in [7, 11) is 0. The van der Waals surface area contributed by atoms with Crippen molar-refractivity contribution in [2.24, 2.45) is 4.99 Å². The van der Waals surface area contributed by atoms with Gasteiger partial charge in [0.15, 0.2) is 5.96 Å². The van der Waals surface area contributed by atoms with E-state index in [9.17, 15) is 5.11 Å². The molecule has 0 aliphatic rings. The molecule has 0 spiro atoms. The van der Waals surface area contributed by atoms with Crippen molar-refractivity contribution in [1.82, 2.24) is 10.6 Å². The second kappa shape index (κ2) is 14.6. The highest BCUT2D eigenvalue weighted by Crippen LogP contribution is 2.14. The molecule has 0 fully saturated rings. The number of unbranched alkanes of at least 4 members (excludes halogenated alkanes) is 1. The second-order valence-corrected chi connectivity index (χ2v) is 6.99. The molecule has 3 N–H and O–H groups in total. The number of guanidine groups is 1. The number of aliphatic hydroxyl groups is 1. The zero-order valence-corrected chi connectivity index (χ0v) is 17.5. The number of aliphatic hydroxyl groups excluding tert-OH is 1. The molecule has 0 saturated heterocycles. The quantitative estimate of drug-likeness (QED) is 0.275. The van der Waals surface area contributed by atoms with Crippen molar-refractivity contribution in [1.29, 1.82) is 0 Å². The minimum absolute atomic E-state index is 0.0182. The molecule has 2 aromatic carbocycles.